The first kappa shape index (κ1) is 13.6. The van der Waals surface area contributed by atoms with Gasteiger partial charge in [-0.25, -0.2) is 0 Å². The molecule has 3 rings (SSSR count). The van der Waals surface area contributed by atoms with E-state index in [4.69, 9.17) is 23.2 Å². The molecular weight excluding hydrogens is 301 g/mol. The van der Waals surface area contributed by atoms with Crippen LogP contribution in [0.2, 0.25) is 0 Å². The number of fused-ring (bicyclic) bond motifs is 1. The maximum absolute atomic E-state index is 12.8. The van der Waals surface area contributed by atoms with Crippen LogP contribution in [0.25, 0.3) is 0 Å². The zero-order valence-electron chi connectivity index (χ0n) is 10.7. The van der Waals surface area contributed by atoms with Gasteiger partial charge in [-0.05, 0) is 37.7 Å². The molecule has 2 nitrogen and oxygen atoms in total. The largest absolute Gasteiger partial charge is 0.311 e. The lowest BCUT2D eigenvalue weighted by Gasteiger charge is -2.26. The van der Waals surface area contributed by atoms with Crippen LogP contribution in [0.1, 0.15) is 19.8 Å². The lowest BCUT2D eigenvalue weighted by atomic mass is 10.1. The number of hydrogen-bond acceptors (Lipinski definition) is 2. The molecule has 1 atom stereocenters. The number of amides is 1. The molecule has 0 spiro atoms. The summed E-state index contributed by atoms with van der Waals surface area (Å²) >= 11 is 14.1. The van der Waals surface area contributed by atoms with Gasteiger partial charge in [-0.3, -0.25) is 4.79 Å². The van der Waals surface area contributed by atoms with E-state index in [-0.39, 0.29) is 5.91 Å². The highest BCUT2D eigenvalue weighted by Gasteiger charge is 2.68. The number of nitrogens with zero attached hydrogens (tertiary/aromatic N) is 1. The van der Waals surface area contributed by atoms with Crippen molar-refractivity contribution in [2.75, 3.05) is 17.2 Å². The van der Waals surface area contributed by atoms with E-state index in [0.29, 0.717) is 6.42 Å². The lowest BCUT2D eigenvalue weighted by Crippen LogP contribution is -2.39. The van der Waals surface area contributed by atoms with Crippen molar-refractivity contribution in [3.05, 3.63) is 24.3 Å². The molecule has 0 bridgehead atoms. The highest BCUT2D eigenvalue weighted by molar-refractivity contribution is 7.99. The van der Waals surface area contributed by atoms with E-state index >= 15 is 0 Å². The van der Waals surface area contributed by atoms with Crippen LogP contribution in [0.15, 0.2) is 29.2 Å². The summed E-state index contributed by atoms with van der Waals surface area (Å²) in [5, 5.41) is 0. The number of halogens is 2. The second-order valence-corrected chi connectivity index (χ2v) is 7.96. The Morgan fingerprint density at radius 3 is 2.74 bits per heavy atom. The number of thioether (sulfide) groups is 1. The predicted molar refractivity (Wildman–Crippen MR) is 81.3 cm³/mol. The number of rotatable bonds is 1. The minimum atomic E-state index is -0.904. The number of carbonyl (C=O) groups is 1. The summed E-state index contributed by atoms with van der Waals surface area (Å²) in [6.07, 6.45) is 1.52. The molecule has 0 unspecified atom stereocenters. The van der Waals surface area contributed by atoms with Gasteiger partial charge in [-0.15, -0.1) is 35.0 Å². The fraction of sp³-hybridized carbons (Fsp3) is 0.500. The Bertz CT molecular complexity index is 534. The van der Waals surface area contributed by atoms with Crippen LogP contribution in [0.5, 0.6) is 0 Å². The van der Waals surface area contributed by atoms with E-state index in [1.54, 1.807) is 11.8 Å². The molecule has 19 heavy (non-hydrogen) atoms. The first-order valence-corrected chi connectivity index (χ1v) is 8.11. The number of alkyl halides is 2. The average molecular weight is 316 g/mol. The molecule has 0 aromatic heterocycles. The lowest BCUT2D eigenvalue weighted by molar-refractivity contribution is -0.123. The molecule has 1 fully saturated rings. The summed E-state index contributed by atoms with van der Waals surface area (Å²) in [7, 11) is 0. The topological polar surface area (TPSA) is 20.3 Å². The third-order valence-electron chi connectivity index (χ3n) is 3.91. The molecule has 5 heteroatoms. The Morgan fingerprint density at radius 1 is 1.37 bits per heavy atom. The Kier molecular flexibility index (Phi) is 3.27. The zero-order valence-corrected chi connectivity index (χ0v) is 13.0. The molecule has 1 aromatic carbocycles. The van der Waals surface area contributed by atoms with Gasteiger partial charge in [0, 0.05) is 11.4 Å². The van der Waals surface area contributed by atoms with Gasteiger partial charge in [0.15, 0.2) is 0 Å². The molecule has 1 aliphatic carbocycles. The summed E-state index contributed by atoms with van der Waals surface area (Å²) in [6, 6.07) is 8.04. The van der Waals surface area contributed by atoms with Gasteiger partial charge in [0.2, 0.25) is 5.91 Å². The molecule has 1 amide bonds. The van der Waals surface area contributed by atoms with E-state index in [0.717, 1.165) is 29.3 Å². The first-order valence-electron chi connectivity index (χ1n) is 6.37. The van der Waals surface area contributed by atoms with Crippen molar-refractivity contribution in [3.63, 3.8) is 0 Å². The third-order valence-corrected chi connectivity index (χ3v) is 6.17. The summed E-state index contributed by atoms with van der Waals surface area (Å²) in [4.78, 5) is 15.8. The van der Waals surface area contributed by atoms with Crippen molar-refractivity contribution in [2.24, 2.45) is 5.41 Å². The first-order chi connectivity index (χ1) is 8.96. The molecule has 0 radical (unpaired) electrons. The van der Waals surface area contributed by atoms with Crippen molar-refractivity contribution >= 4 is 46.6 Å². The fourth-order valence-corrected chi connectivity index (χ4v) is 4.16. The second kappa shape index (κ2) is 4.57. The van der Waals surface area contributed by atoms with Gasteiger partial charge in [0.25, 0.3) is 0 Å². The third kappa shape index (κ3) is 2.16. The Hall–Kier alpha value is -0.380. The second-order valence-electron chi connectivity index (χ2n) is 5.34. The van der Waals surface area contributed by atoms with Gasteiger partial charge in [0.1, 0.15) is 4.33 Å². The smallest absolute Gasteiger partial charge is 0.236 e. The summed E-state index contributed by atoms with van der Waals surface area (Å²) in [6.45, 7) is 2.60. The normalized spacial score (nSPS) is 28.5. The molecule has 1 aliphatic heterocycles. The molecular formula is C14H15Cl2NOS. The molecule has 102 valence electrons. The Balaban J connectivity index is 1.95. The molecule has 2 aliphatic rings. The quantitative estimate of drug-likeness (QED) is 0.727. The van der Waals surface area contributed by atoms with Crippen molar-refractivity contribution in [1.82, 2.24) is 0 Å². The SMILES string of the molecule is C[C@@]1(C(=O)N2CCCSc3ccccc32)CC1(Cl)Cl. The average Bonchev–Trinajstić information content (AvgIpc) is 2.98. The number of hydrogen-bond donors (Lipinski definition) is 0. The van der Waals surface area contributed by atoms with E-state index in [1.165, 1.54) is 0 Å². The van der Waals surface area contributed by atoms with Crippen LogP contribution >= 0.6 is 35.0 Å². The van der Waals surface area contributed by atoms with Gasteiger partial charge < -0.3 is 4.90 Å². The summed E-state index contributed by atoms with van der Waals surface area (Å²) in [5.41, 5.74) is 0.352. The summed E-state index contributed by atoms with van der Waals surface area (Å²) < 4.78 is -0.904. The van der Waals surface area contributed by atoms with E-state index in [1.807, 2.05) is 30.0 Å². The molecule has 0 saturated heterocycles. The van der Waals surface area contributed by atoms with Crippen LogP contribution in [0.4, 0.5) is 5.69 Å². The Labute approximate surface area is 127 Å². The maximum atomic E-state index is 12.8. The van der Waals surface area contributed by atoms with Crippen molar-refractivity contribution in [2.45, 2.75) is 29.0 Å². The highest BCUT2D eigenvalue weighted by atomic mass is 35.5. The monoisotopic (exact) mass is 315 g/mol. The Morgan fingerprint density at radius 2 is 2.05 bits per heavy atom. The van der Waals surface area contributed by atoms with Crippen LogP contribution in [0, 0.1) is 5.41 Å². The van der Waals surface area contributed by atoms with Gasteiger partial charge >= 0.3 is 0 Å². The standard InChI is InChI=1S/C14H15Cl2NOS/c1-13(9-14(13,15)16)12(18)17-7-4-8-19-11-6-3-2-5-10(11)17/h2-3,5-6H,4,7-9H2,1H3/t13-/m0/s1. The van der Waals surface area contributed by atoms with Crippen molar-refractivity contribution in [1.29, 1.82) is 0 Å². The number of para-hydroxylation sites is 1. The zero-order chi connectivity index (χ0) is 13.7. The highest BCUT2D eigenvalue weighted by Crippen LogP contribution is 2.64. The number of carbonyl (C=O) groups excluding carboxylic acids is 1. The van der Waals surface area contributed by atoms with E-state index in [9.17, 15) is 4.79 Å². The minimum absolute atomic E-state index is 0.0486. The molecule has 1 aromatic rings. The molecule has 1 saturated carbocycles. The molecule has 1 heterocycles. The van der Waals surface area contributed by atoms with Crippen LogP contribution in [0.3, 0.4) is 0 Å². The number of benzene rings is 1. The van der Waals surface area contributed by atoms with Gasteiger partial charge in [-0.1, -0.05) is 12.1 Å². The van der Waals surface area contributed by atoms with E-state index < -0.39 is 9.75 Å². The number of anilines is 1. The summed E-state index contributed by atoms with van der Waals surface area (Å²) in [5.74, 6) is 1.08. The van der Waals surface area contributed by atoms with Crippen LogP contribution < -0.4 is 4.90 Å². The van der Waals surface area contributed by atoms with Crippen LogP contribution in [-0.4, -0.2) is 22.5 Å². The molecule has 0 N–H and O–H groups in total. The van der Waals surface area contributed by atoms with Crippen molar-refractivity contribution in [3.8, 4) is 0 Å². The van der Waals surface area contributed by atoms with E-state index in [2.05, 4.69) is 6.07 Å². The van der Waals surface area contributed by atoms with Crippen LogP contribution in [-0.2, 0) is 4.79 Å². The minimum Gasteiger partial charge on any atom is -0.311 e. The fourth-order valence-electron chi connectivity index (χ4n) is 2.47. The predicted octanol–water partition coefficient (Wildman–Crippen LogP) is 4.10. The maximum Gasteiger partial charge on any atom is 0.236 e. The van der Waals surface area contributed by atoms with Gasteiger partial charge in [-0.2, -0.15) is 0 Å². The van der Waals surface area contributed by atoms with Crippen molar-refractivity contribution < 1.29 is 4.79 Å². The van der Waals surface area contributed by atoms with Gasteiger partial charge in [0.05, 0.1) is 11.1 Å².